The predicted octanol–water partition coefficient (Wildman–Crippen LogP) is 2.71. The van der Waals surface area contributed by atoms with Crippen molar-refractivity contribution in [3.05, 3.63) is 35.6 Å². The third-order valence-electron chi connectivity index (χ3n) is 2.42. The van der Waals surface area contributed by atoms with Gasteiger partial charge in [-0.25, -0.2) is 0 Å². The average molecular weight is 217 g/mol. The van der Waals surface area contributed by atoms with Gasteiger partial charge in [0.25, 0.3) is 5.91 Å². The van der Waals surface area contributed by atoms with E-state index in [1.165, 1.54) is 0 Å². The second-order valence-corrected chi connectivity index (χ2v) is 4.22. The zero-order valence-electron chi connectivity index (χ0n) is 9.70. The van der Waals surface area contributed by atoms with Gasteiger partial charge in [0.1, 0.15) is 0 Å². The predicted molar refractivity (Wildman–Crippen MR) is 64.0 cm³/mol. The largest absolute Gasteiger partial charge is 0.498 e. The number of carbonyl (C=O) groups excluding carboxylic acids is 1. The molecule has 1 aliphatic heterocycles. The maximum Gasteiger partial charge on any atom is 0.259 e. The molecular weight excluding hydrogens is 202 g/mol. The number of anilines is 1. The van der Waals surface area contributed by atoms with Gasteiger partial charge in [0, 0.05) is 11.3 Å². The second-order valence-electron chi connectivity index (χ2n) is 4.22. The van der Waals surface area contributed by atoms with Crippen molar-refractivity contribution < 1.29 is 9.53 Å². The van der Waals surface area contributed by atoms with E-state index in [1.807, 2.05) is 39.0 Å². The number of nitrogens with one attached hydrogen (secondary N) is 1. The van der Waals surface area contributed by atoms with Crippen molar-refractivity contribution in [3.8, 4) is 0 Å². The Bertz CT molecular complexity index is 461. The summed E-state index contributed by atoms with van der Waals surface area (Å²) >= 11 is 0. The zero-order chi connectivity index (χ0) is 11.7. The number of ether oxygens (including phenoxy) is 1. The quantitative estimate of drug-likeness (QED) is 0.611. The lowest BCUT2D eigenvalue weighted by molar-refractivity contribution is -0.110. The van der Waals surface area contributed by atoms with E-state index in [4.69, 9.17) is 4.74 Å². The van der Waals surface area contributed by atoms with Crippen molar-refractivity contribution in [2.24, 2.45) is 0 Å². The molecule has 1 N–H and O–H groups in total. The summed E-state index contributed by atoms with van der Waals surface area (Å²) in [6.07, 6.45) is 1.62. The highest BCUT2D eigenvalue weighted by Crippen LogP contribution is 2.32. The molecule has 1 heterocycles. The first-order valence-corrected chi connectivity index (χ1v) is 5.36. The number of benzene rings is 1. The standard InChI is InChI=1S/C13H15NO2/c1-8(2)16-7-11-10-6-9(3)4-5-12(10)14-13(11)15/h4-8H,1-3H3,(H,14,15)/b11-7+. The first-order chi connectivity index (χ1) is 7.58. The topological polar surface area (TPSA) is 38.3 Å². The van der Waals surface area contributed by atoms with Gasteiger partial charge in [0.05, 0.1) is 17.9 Å². The number of aryl methyl sites for hydroxylation is 1. The third kappa shape index (κ3) is 1.94. The molecule has 1 aromatic carbocycles. The Morgan fingerprint density at radius 3 is 2.81 bits per heavy atom. The lowest BCUT2D eigenvalue weighted by Gasteiger charge is -2.05. The van der Waals surface area contributed by atoms with E-state index in [0.717, 1.165) is 16.8 Å². The van der Waals surface area contributed by atoms with Crippen molar-refractivity contribution >= 4 is 17.2 Å². The van der Waals surface area contributed by atoms with Crippen LogP contribution >= 0.6 is 0 Å². The molecule has 0 unspecified atom stereocenters. The molecule has 0 spiro atoms. The van der Waals surface area contributed by atoms with Crippen LogP contribution in [0.3, 0.4) is 0 Å². The number of rotatable bonds is 2. The maximum atomic E-state index is 11.7. The molecule has 1 aromatic rings. The van der Waals surface area contributed by atoms with Crippen LogP contribution in [0.4, 0.5) is 5.69 Å². The molecule has 0 fully saturated rings. The SMILES string of the molecule is Cc1ccc2c(c1)/C(=C\OC(C)C)C(=O)N2. The molecule has 2 rings (SSSR count). The van der Waals surface area contributed by atoms with Gasteiger partial charge in [0.2, 0.25) is 0 Å². The fourth-order valence-corrected chi connectivity index (χ4v) is 1.62. The van der Waals surface area contributed by atoms with Gasteiger partial charge in [-0.3, -0.25) is 4.79 Å². The Labute approximate surface area is 95.1 Å². The number of hydrogen-bond donors (Lipinski definition) is 1. The van der Waals surface area contributed by atoms with E-state index in [-0.39, 0.29) is 12.0 Å². The van der Waals surface area contributed by atoms with Crippen molar-refractivity contribution in [1.82, 2.24) is 0 Å². The summed E-state index contributed by atoms with van der Waals surface area (Å²) in [6.45, 7) is 5.87. The first kappa shape index (κ1) is 10.7. The highest BCUT2D eigenvalue weighted by molar-refractivity contribution is 6.31. The minimum atomic E-state index is -0.0961. The lowest BCUT2D eigenvalue weighted by atomic mass is 10.1. The molecule has 0 radical (unpaired) electrons. The van der Waals surface area contributed by atoms with Gasteiger partial charge in [-0.2, -0.15) is 0 Å². The van der Waals surface area contributed by atoms with Crippen LogP contribution in [0, 0.1) is 6.92 Å². The molecule has 0 aliphatic carbocycles. The molecular formula is C13H15NO2. The Kier molecular flexibility index (Phi) is 2.69. The van der Waals surface area contributed by atoms with Crippen molar-refractivity contribution in [2.45, 2.75) is 26.9 Å². The van der Waals surface area contributed by atoms with E-state index in [9.17, 15) is 4.79 Å². The van der Waals surface area contributed by atoms with Crippen LogP contribution in [0.2, 0.25) is 0 Å². The van der Waals surface area contributed by atoms with Gasteiger partial charge in [-0.1, -0.05) is 11.6 Å². The number of hydrogen-bond acceptors (Lipinski definition) is 2. The summed E-state index contributed by atoms with van der Waals surface area (Å²) in [7, 11) is 0. The van der Waals surface area contributed by atoms with Crippen LogP contribution in [-0.2, 0) is 9.53 Å². The Morgan fingerprint density at radius 2 is 2.12 bits per heavy atom. The highest BCUT2D eigenvalue weighted by atomic mass is 16.5. The molecule has 3 nitrogen and oxygen atoms in total. The normalized spacial score (nSPS) is 16.5. The molecule has 16 heavy (non-hydrogen) atoms. The summed E-state index contributed by atoms with van der Waals surface area (Å²) in [6, 6.07) is 5.88. The number of carbonyl (C=O) groups is 1. The summed E-state index contributed by atoms with van der Waals surface area (Å²) in [5.74, 6) is -0.0961. The summed E-state index contributed by atoms with van der Waals surface area (Å²) in [5.41, 5.74) is 3.51. The fourth-order valence-electron chi connectivity index (χ4n) is 1.62. The average Bonchev–Trinajstić information content (AvgIpc) is 2.51. The van der Waals surface area contributed by atoms with Crippen molar-refractivity contribution in [1.29, 1.82) is 0 Å². The second kappa shape index (κ2) is 4.00. The minimum absolute atomic E-state index is 0.0779. The molecule has 1 amide bonds. The van der Waals surface area contributed by atoms with Gasteiger partial charge in [0.15, 0.2) is 0 Å². The lowest BCUT2D eigenvalue weighted by Crippen LogP contribution is -2.05. The first-order valence-electron chi connectivity index (χ1n) is 5.36. The van der Waals surface area contributed by atoms with E-state index in [1.54, 1.807) is 6.26 Å². The Balaban J connectivity index is 2.38. The zero-order valence-corrected chi connectivity index (χ0v) is 9.70. The number of fused-ring (bicyclic) bond motifs is 1. The molecule has 3 heteroatoms. The minimum Gasteiger partial charge on any atom is -0.498 e. The summed E-state index contributed by atoms with van der Waals surface area (Å²) < 4.78 is 5.37. The molecule has 0 saturated carbocycles. The smallest absolute Gasteiger partial charge is 0.259 e. The molecule has 0 saturated heterocycles. The van der Waals surface area contributed by atoms with E-state index >= 15 is 0 Å². The van der Waals surface area contributed by atoms with Gasteiger partial charge < -0.3 is 10.1 Å². The van der Waals surface area contributed by atoms with Crippen LogP contribution in [-0.4, -0.2) is 12.0 Å². The van der Waals surface area contributed by atoms with Crippen LogP contribution in [0.15, 0.2) is 24.5 Å². The summed E-state index contributed by atoms with van der Waals surface area (Å²) in [5, 5.41) is 2.81. The van der Waals surface area contributed by atoms with Crippen molar-refractivity contribution in [2.75, 3.05) is 5.32 Å². The third-order valence-corrected chi connectivity index (χ3v) is 2.42. The Morgan fingerprint density at radius 1 is 1.38 bits per heavy atom. The molecule has 1 aliphatic rings. The van der Waals surface area contributed by atoms with Crippen LogP contribution in [0.1, 0.15) is 25.0 Å². The molecule has 84 valence electrons. The molecule has 0 bridgehead atoms. The molecule has 0 aromatic heterocycles. The Hall–Kier alpha value is -1.77. The summed E-state index contributed by atoms with van der Waals surface area (Å²) in [4.78, 5) is 11.7. The van der Waals surface area contributed by atoms with Gasteiger partial charge in [-0.15, -0.1) is 0 Å². The van der Waals surface area contributed by atoms with Crippen LogP contribution in [0.5, 0.6) is 0 Å². The number of amides is 1. The van der Waals surface area contributed by atoms with Gasteiger partial charge in [-0.05, 0) is 32.9 Å². The van der Waals surface area contributed by atoms with E-state index < -0.39 is 0 Å². The fraction of sp³-hybridized carbons (Fsp3) is 0.308. The van der Waals surface area contributed by atoms with Gasteiger partial charge >= 0.3 is 0 Å². The van der Waals surface area contributed by atoms with Crippen LogP contribution < -0.4 is 5.32 Å². The monoisotopic (exact) mass is 217 g/mol. The van der Waals surface area contributed by atoms with Crippen molar-refractivity contribution in [3.63, 3.8) is 0 Å². The van der Waals surface area contributed by atoms with E-state index in [2.05, 4.69) is 5.32 Å². The maximum absolute atomic E-state index is 11.7. The van der Waals surface area contributed by atoms with E-state index in [0.29, 0.717) is 5.57 Å². The highest BCUT2D eigenvalue weighted by Gasteiger charge is 2.24. The molecule has 0 atom stereocenters. The van der Waals surface area contributed by atoms with Crippen LogP contribution in [0.25, 0.3) is 5.57 Å².